The van der Waals surface area contributed by atoms with Crippen molar-refractivity contribution < 1.29 is 0 Å². The number of aromatic nitrogens is 1. The molecule has 3 nitrogen and oxygen atoms in total. The normalized spacial score (nSPS) is 10.1. The molecule has 3 heteroatoms. The van der Waals surface area contributed by atoms with Crippen molar-refractivity contribution in [2.75, 3.05) is 5.32 Å². The summed E-state index contributed by atoms with van der Waals surface area (Å²) in [6.07, 6.45) is 1.60. The number of fused-ring (bicyclic) bond motifs is 1. The number of para-hydroxylation sites is 2. The van der Waals surface area contributed by atoms with Crippen molar-refractivity contribution in [1.29, 1.82) is 5.26 Å². The van der Waals surface area contributed by atoms with Gasteiger partial charge in [0.05, 0.1) is 16.8 Å². The van der Waals surface area contributed by atoms with Crippen LogP contribution in [0.3, 0.4) is 0 Å². The maximum Gasteiger partial charge on any atom is 0.103 e. The zero-order valence-electron chi connectivity index (χ0n) is 10.2. The van der Waals surface area contributed by atoms with Crippen molar-refractivity contribution in [3.63, 3.8) is 0 Å². The molecular weight excluding hydrogens is 234 g/mol. The van der Waals surface area contributed by atoms with E-state index in [9.17, 15) is 5.26 Å². The fraction of sp³-hybridized carbons (Fsp3) is 0. The summed E-state index contributed by atoms with van der Waals surface area (Å²) in [6, 6.07) is 19.8. The van der Waals surface area contributed by atoms with Gasteiger partial charge in [0.1, 0.15) is 6.07 Å². The van der Waals surface area contributed by atoms with E-state index in [4.69, 9.17) is 0 Å². The standard InChI is InChI=1S/C16H11N3/c17-10-12-11-18-15-9-5-4-8-14(15)16(12)19-13-6-2-1-3-7-13/h1-9,11H,(H,18,19). The summed E-state index contributed by atoms with van der Waals surface area (Å²) in [5.74, 6) is 0. The fourth-order valence-corrected chi connectivity index (χ4v) is 2.03. The first kappa shape index (κ1) is 11.2. The molecule has 90 valence electrons. The Morgan fingerprint density at radius 2 is 1.68 bits per heavy atom. The number of hydrogen-bond acceptors (Lipinski definition) is 3. The summed E-state index contributed by atoms with van der Waals surface area (Å²) < 4.78 is 0. The van der Waals surface area contributed by atoms with Gasteiger partial charge in [-0.3, -0.25) is 4.98 Å². The maximum absolute atomic E-state index is 9.23. The van der Waals surface area contributed by atoms with E-state index in [1.807, 2.05) is 54.6 Å². The number of rotatable bonds is 2. The van der Waals surface area contributed by atoms with Crippen LogP contribution >= 0.6 is 0 Å². The first-order valence-corrected chi connectivity index (χ1v) is 5.98. The molecule has 0 saturated heterocycles. The lowest BCUT2D eigenvalue weighted by atomic mass is 10.1. The molecular formula is C16H11N3. The number of anilines is 2. The molecule has 1 N–H and O–H groups in total. The van der Waals surface area contributed by atoms with Gasteiger partial charge in [-0.1, -0.05) is 36.4 Å². The second-order valence-electron chi connectivity index (χ2n) is 4.17. The van der Waals surface area contributed by atoms with Gasteiger partial charge in [-0.05, 0) is 18.2 Å². The minimum absolute atomic E-state index is 0.544. The van der Waals surface area contributed by atoms with Crippen molar-refractivity contribution in [1.82, 2.24) is 4.98 Å². The van der Waals surface area contributed by atoms with Crippen molar-refractivity contribution in [2.24, 2.45) is 0 Å². The van der Waals surface area contributed by atoms with Crippen LogP contribution in [0.15, 0.2) is 60.8 Å². The van der Waals surface area contributed by atoms with Crippen LogP contribution in [0.1, 0.15) is 5.56 Å². The molecule has 1 aromatic heterocycles. The van der Waals surface area contributed by atoms with E-state index < -0.39 is 0 Å². The van der Waals surface area contributed by atoms with Crippen LogP contribution < -0.4 is 5.32 Å². The van der Waals surface area contributed by atoms with E-state index in [0.29, 0.717) is 5.56 Å². The van der Waals surface area contributed by atoms with Gasteiger partial charge in [-0.15, -0.1) is 0 Å². The number of nitrogens with one attached hydrogen (secondary N) is 1. The van der Waals surface area contributed by atoms with Crippen LogP contribution in [0.5, 0.6) is 0 Å². The van der Waals surface area contributed by atoms with Gasteiger partial charge in [0.2, 0.25) is 0 Å². The Balaban J connectivity index is 2.18. The fourth-order valence-electron chi connectivity index (χ4n) is 2.03. The van der Waals surface area contributed by atoms with Gasteiger partial charge in [0, 0.05) is 17.3 Å². The van der Waals surface area contributed by atoms with Gasteiger partial charge in [0.25, 0.3) is 0 Å². The van der Waals surface area contributed by atoms with Crippen molar-refractivity contribution in [3.05, 3.63) is 66.4 Å². The predicted molar refractivity (Wildman–Crippen MR) is 76.2 cm³/mol. The highest BCUT2D eigenvalue weighted by Crippen LogP contribution is 2.28. The third-order valence-electron chi connectivity index (χ3n) is 2.94. The third kappa shape index (κ3) is 2.12. The summed E-state index contributed by atoms with van der Waals surface area (Å²) in [5.41, 5.74) is 3.18. The Bertz CT molecular complexity index is 758. The van der Waals surface area contributed by atoms with Gasteiger partial charge in [-0.25, -0.2) is 0 Å². The summed E-state index contributed by atoms with van der Waals surface area (Å²) >= 11 is 0. The molecule has 0 aliphatic heterocycles. The molecule has 0 saturated carbocycles. The Hall–Kier alpha value is -2.86. The Labute approximate surface area is 111 Å². The average Bonchev–Trinajstić information content (AvgIpc) is 2.49. The molecule has 3 aromatic rings. The summed E-state index contributed by atoms with van der Waals surface area (Å²) in [7, 11) is 0. The molecule has 0 atom stereocenters. The number of nitriles is 1. The molecule has 0 fully saturated rings. The quantitative estimate of drug-likeness (QED) is 0.746. The highest BCUT2D eigenvalue weighted by molar-refractivity contribution is 5.95. The van der Waals surface area contributed by atoms with Crippen molar-refractivity contribution in [2.45, 2.75) is 0 Å². The lowest BCUT2D eigenvalue weighted by Gasteiger charge is -2.11. The van der Waals surface area contributed by atoms with Crippen LogP contribution in [0.25, 0.3) is 10.9 Å². The zero-order valence-corrected chi connectivity index (χ0v) is 10.2. The number of nitrogens with zero attached hydrogens (tertiary/aromatic N) is 2. The molecule has 0 radical (unpaired) electrons. The van der Waals surface area contributed by atoms with E-state index in [1.54, 1.807) is 6.20 Å². The van der Waals surface area contributed by atoms with E-state index in [-0.39, 0.29) is 0 Å². The molecule has 1 heterocycles. The highest BCUT2D eigenvalue weighted by Gasteiger charge is 2.08. The molecule has 0 aliphatic rings. The summed E-state index contributed by atoms with van der Waals surface area (Å²) in [5, 5.41) is 13.5. The van der Waals surface area contributed by atoms with Crippen LogP contribution in [0.4, 0.5) is 11.4 Å². The van der Waals surface area contributed by atoms with Crippen molar-refractivity contribution in [3.8, 4) is 6.07 Å². The maximum atomic E-state index is 9.23. The Morgan fingerprint density at radius 3 is 2.47 bits per heavy atom. The largest absolute Gasteiger partial charge is 0.354 e. The van der Waals surface area contributed by atoms with Crippen molar-refractivity contribution >= 4 is 22.3 Å². The topological polar surface area (TPSA) is 48.7 Å². The van der Waals surface area contributed by atoms with Gasteiger partial charge in [-0.2, -0.15) is 5.26 Å². The summed E-state index contributed by atoms with van der Waals surface area (Å²) in [6.45, 7) is 0. The van der Waals surface area contributed by atoms with E-state index >= 15 is 0 Å². The molecule has 0 unspecified atom stereocenters. The SMILES string of the molecule is N#Cc1cnc2ccccc2c1Nc1ccccc1. The first-order valence-electron chi connectivity index (χ1n) is 5.98. The van der Waals surface area contributed by atoms with E-state index in [1.165, 1.54) is 0 Å². The Kier molecular flexibility index (Phi) is 2.83. The smallest absolute Gasteiger partial charge is 0.103 e. The molecule has 19 heavy (non-hydrogen) atoms. The lowest BCUT2D eigenvalue weighted by Crippen LogP contribution is -1.96. The minimum Gasteiger partial charge on any atom is -0.354 e. The highest BCUT2D eigenvalue weighted by atomic mass is 14.9. The van der Waals surface area contributed by atoms with Crippen LogP contribution in [0.2, 0.25) is 0 Å². The molecule has 0 bridgehead atoms. The number of hydrogen-bond donors (Lipinski definition) is 1. The molecule has 0 spiro atoms. The van der Waals surface area contributed by atoms with E-state index in [2.05, 4.69) is 16.4 Å². The zero-order chi connectivity index (χ0) is 13.1. The number of benzene rings is 2. The first-order chi connectivity index (χ1) is 9.38. The average molecular weight is 245 g/mol. The van der Waals surface area contributed by atoms with Crippen LogP contribution in [0, 0.1) is 11.3 Å². The molecule has 0 aliphatic carbocycles. The monoisotopic (exact) mass is 245 g/mol. The third-order valence-corrected chi connectivity index (χ3v) is 2.94. The second kappa shape index (κ2) is 4.79. The van der Waals surface area contributed by atoms with Gasteiger partial charge >= 0.3 is 0 Å². The molecule has 3 rings (SSSR count). The second-order valence-corrected chi connectivity index (χ2v) is 4.17. The van der Waals surface area contributed by atoms with Gasteiger partial charge in [0.15, 0.2) is 0 Å². The lowest BCUT2D eigenvalue weighted by molar-refractivity contribution is 1.36. The molecule has 0 amide bonds. The molecule has 2 aromatic carbocycles. The number of pyridine rings is 1. The van der Waals surface area contributed by atoms with Crippen LogP contribution in [-0.2, 0) is 0 Å². The summed E-state index contributed by atoms with van der Waals surface area (Å²) in [4.78, 5) is 4.29. The van der Waals surface area contributed by atoms with Gasteiger partial charge < -0.3 is 5.32 Å². The van der Waals surface area contributed by atoms with E-state index in [0.717, 1.165) is 22.3 Å². The Morgan fingerprint density at radius 1 is 0.947 bits per heavy atom. The predicted octanol–water partition coefficient (Wildman–Crippen LogP) is 3.85. The minimum atomic E-state index is 0.544. The van der Waals surface area contributed by atoms with Crippen LogP contribution in [-0.4, -0.2) is 4.98 Å².